The molecule has 2 unspecified atom stereocenters. The van der Waals surface area contributed by atoms with Crippen molar-refractivity contribution >= 4 is 27.3 Å². The molecule has 1 aromatic rings. The van der Waals surface area contributed by atoms with Crippen molar-refractivity contribution in [1.29, 1.82) is 0 Å². The van der Waals surface area contributed by atoms with Crippen LogP contribution in [0.4, 0.5) is 0 Å². The van der Waals surface area contributed by atoms with Gasteiger partial charge in [-0.25, -0.2) is 0 Å². The van der Waals surface area contributed by atoms with E-state index in [1.54, 1.807) is 4.88 Å². The zero-order valence-electron chi connectivity index (χ0n) is 7.93. The van der Waals surface area contributed by atoms with Crippen LogP contribution in [0.25, 0.3) is 0 Å². The van der Waals surface area contributed by atoms with Crippen molar-refractivity contribution in [2.24, 2.45) is 5.92 Å². The van der Waals surface area contributed by atoms with Crippen LogP contribution in [0, 0.1) is 12.8 Å². The van der Waals surface area contributed by atoms with E-state index in [0.717, 1.165) is 11.8 Å². The first kappa shape index (κ1) is 9.69. The van der Waals surface area contributed by atoms with E-state index in [-0.39, 0.29) is 0 Å². The first-order chi connectivity index (χ1) is 6.22. The largest absolute Gasteiger partial charge is 0.319 e. The lowest BCUT2D eigenvalue weighted by molar-refractivity contribution is 0.700. The summed E-state index contributed by atoms with van der Waals surface area (Å²) in [6.07, 6.45) is 1.37. The van der Waals surface area contributed by atoms with Crippen LogP contribution < -0.4 is 5.32 Å². The van der Waals surface area contributed by atoms with E-state index in [1.807, 2.05) is 18.4 Å². The Morgan fingerprint density at radius 3 is 3.00 bits per heavy atom. The molecule has 0 saturated heterocycles. The van der Waals surface area contributed by atoms with E-state index in [0.29, 0.717) is 0 Å². The average molecular weight is 260 g/mol. The minimum atomic E-state index is 0.836. The van der Waals surface area contributed by atoms with E-state index in [9.17, 15) is 0 Å². The predicted octanol–water partition coefficient (Wildman–Crippen LogP) is 3.14. The summed E-state index contributed by atoms with van der Waals surface area (Å²) >= 11 is 5.51. The summed E-state index contributed by atoms with van der Waals surface area (Å²) in [5.41, 5.74) is 0. The Morgan fingerprint density at radius 2 is 2.46 bits per heavy atom. The quantitative estimate of drug-likeness (QED) is 0.880. The molecule has 1 heterocycles. The summed E-state index contributed by atoms with van der Waals surface area (Å²) in [7, 11) is 2.03. The third-order valence-electron chi connectivity index (χ3n) is 2.63. The van der Waals surface area contributed by atoms with Gasteiger partial charge in [0.25, 0.3) is 0 Å². The third-order valence-corrected chi connectivity index (χ3v) is 4.90. The normalized spacial score (nSPS) is 26.4. The van der Waals surface area contributed by atoms with E-state index >= 15 is 0 Å². The van der Waals surface area contributed by atoms with Gasteiger partial charge in [-0.1, -0.05) is 0 Å². The first-order valence-corrected chi connectivity index (χ1v) is 6.23. The van der Waals surface area contributed by atoms with Gasteiger partial charge in [0, 0.05) is 14.2 Å². The van der Waals surface area contributed by atoms with Crippen LogP contribution in [0.5, 0.6) is 0 Å². The Labute approximate surface area is 91.7 Å². The highest BCUT2D eigenvalue weighted by Crippen LogP contribution is 2.50. The Morgan fingerprint density at radius 1 is 1.69 bits per heavy atom. The average Bonchev–Trinajstić information content (AvgIpc) is 2.76. The van der Waals surface area contributed by atoms with Crippen LogP contribution in [0.3, 0.4) is 0 Å². The molecule has 1 N–H and O–H groups in total. The Hall–Kier alpha value is 0.140. The van der Waals surface area contributed by atoms with Crippen molar-refractivity contribution in [2.75, 3.05) is 13.6 Å². The molecule has 0 aliphatic heterocycles. The van der Waals surface area contributed by atoms with Crippen molar-refractivity contribution in [3.05, 3.63) is 20.3 Å². The maximum Gasteiger partial charge on any atom is 0.0314 e. The summed E-state index contributed by atoms with van der Waals surface area (Å²) in [4.78, 5) is 2.97. The number of nitrogens with one attached hydrogen (secondary N) is 1. The molecule has 0 radical (unpaired) electrons. The Balaban J connectivity index is 2.03. The number of halogens is 1. The second-order valence-corrected chi connectivity index (χ2v) is 5.86. The Bertz CT molecular complexity index is 288. The molecule has 0 amide bonds. The van der Waals surface area contributed by atoms with Gasteiger partial charge < -0.3 is 5.32 Å². The molecule has 13 heavy (non-hydrogen) atoms. The Kier molecular flexibility index (Phi) is 2.77. The number of rotatable bonds is 3. The second-order valence-electron chi connectivity index (χ2n) is 3.71. The van der Waals surface area contributed by atoms with Crippen molar-refractivity contribution < 1.29 is 0 Å². The number of hydrogen-bond acceptors (Lipinski definition) is 2. The molecule has 1 nitrogen and oxygen atoms in total. The molecule has 0 spiro atoms. The van der Waals surface area contributed by atoms with E-state index in [1.165, 1.54) is 22.3 Å². The molecule has 72 valence electrons. The van der Waals surface area contributed by atoms with Crippen LogP contribution in [0.2, 0.25) is 0 Å². The molecule has 1 aliphatic rings. The summed E-state index contributed by atoms with van der Waals surface area (Å²) in [6, 6.07) is 2.29. The standard InChI is InChI=1S/C10H14BrNS/c1-6-9(11)4-10(13-6)8-3-7(8)5-12-2/h4,7-8,12H,3,5H2,1-2H3. The molecule has 0 aromatic carbocycles. The van der Waals surface area contributed by atoms with Crippen LogP contribution in [0.1, 0.15) is 22.1 Å². The molecule has 2 rings (SSSR count). The highest BCUT2D eigenvalue weighted by atomic mass is 79.9. The maximum atomic E-state index is 3.57. The minimum absolute atomic E-state index is 0.836. The van der Waals surface area contributed by atoms with Crippen LogP contribution in [-0.4, -0.2) is 13.6 Å². The smallest absolute Gasteiger partial charge is 0.0314 e. The molecule has 1 fully saturated rings. The van der Waals surface area contributed by atoms with Crippen molar-refractivity contribution in [3.8, 4) is 0 Å². The van der Waals surface area contributed by atoms with Gasteiger partial charge in [-0.3, -0.25) is 0 Å². The summed E-state index contributed by atoms with van der Waals surface area (Å²) in [6.45, 7) is 3.34. The van der Waals surface area contributed by atoms with Gasteiger partial charge in [-0.05, 0) is 60.8 Å². The summed E-state index contributed by atoms with van der Waals surface area (Å²) in [5, 5.41) is 3.24. The minimum Gasteiger partial charge on any atom is -0.319 e. The topological polar surface area (TPSA) is 12.0 Å². The number of hydrogen-bond donors (Lipinski definition) is 1. The lowest BCUT2D eigenvalue weighted by Gasteiger charge is -1.95. The fraction of sp³-hybridized carbons (Fsp3) is 0.600. The van der Waals surface area contributed by atoms with Crippen molar-refractivity contribution in [2.45, 2.75) is 19.3 Å². The monoisotopic (exact) mass is 259 g/mol. The number of aryl methyl sites for hydroxylation is 1. The SMILES string of the molecule is CNCC1CC1c1cc(Br)c(C)s1. The van der Waals surface area contributed by atoms with Crippen molar-refractivity contribution in [1.82, 2.24) is 5.32 Å². The zero-order valence-corrected chi connectivity index (χ0v) is 10.3. The zero-order chi connectivity index (χ0) is 9.42. The van der Waals surface area contributed by atoms with Crippen LogP contribution in [0.15, 0.2) is 10.5 Å². The van der Waals surface area contributed by atoms with Gasteiger partial charge in [0.1, 0.15) is 0 Å². The van der Waals surface area contributed by atoms with E-state index in [2.05, 4.69) is 34.2 Å². The summed E-state index contributed by atoms with van der Waals surface area (Å²) in [5.74, 6) is 1.72. The lowest BCUT2D eigenvalue weighted by Crippen LogP contribution is -2.09. The van der Waals surface area contributed by atoms with Gasteiger partial charge in [-0.15, -0.1) is 11.3 Å². The molecular formula is C10H14BrNS. The molecule has 1 saturated carbocycles. The second kappa shape index (κ2) is 3.71. The van der Waals surface area contributed by atoms with Gasteiger partial charge in [-0.2, -0.15) is 0 Å². The van der Waals surface area contributed by atoms with Crippen LogP contribution in [-0.2, 0) is 0 Å². The maximum absolute atomic E-state index is 3.57. The fourth-order valence-corrected chi connectivity index (χ4v) is 3.52. The highest BCUT2D eigenvalue weighted by molar-refractivity contribution is 9.10. The number of thiophene rings is 1. The molecule has 1 aromatic heterocycles. The third kappa shape index (κ3) is 1.97. The van der Waals surface area contributed by atoms with E-state index in [4.69, 9.17) is 0 Å². The van der Waals surface area contributed by atoms with Gasteiger partial charge >= 0.3 is 0 Å². The van der Waals surface area contributed by atoms with Gasteiger partial charge in [0.05, 0.1) is 0 Å². The van der Waals surface area contributed by atoms with Crippen LogP contribution >= 0.6 is 27.3 Å². The van der Waals surface area contributed by atoms with Crippen molar-refractivity contribution in [3.63, 3.8) is 0 Å². The van der Waals surface area contributed by atoms with Gasteiger partial charge in [0.15, 0.2) is 0 Å². The molecule has 3 heteroatoms. The highest BCUT2D eigenvalue weighted by Gasteiger charge is 2.38. The first-order valence-electron chi connectivity index (χ1n) is 4.62. The fourth-order valence-electron chi connectivity index (χ4n) is 1.75. The predicted molar refractivity (Wildman–Crippen MR) is 61.5 cm³/mol. The summed E-state index contributed by atoms with van der Waals surface area (Å²) < 4.78 is 1.28. The lowest BCUT2D eigenvalue weighted by atomic mass is 10.2. The van der Waals surface area contributed by atoms with Gasteiger partial charge in [0.2, 0.25) is 0 Å². The molecule has 2 atom stereocenters. The molecule has 1 aliphatic carbocycles. The molecular weight excluding hydrogens is 246 g/mol. The molecule has 0 bridgehead atoms. The van der Waals surface area contributed by atoms with E-state index < -0.39 is 0 Å².